The first-order chi connectivity index (χ1) is 12.5. The van der Waals surface area contributed by atoms with Gasteiger partial charge in [-0.1, -0.05) is 30.2 Å². The van der Waals surface area contributed by atoms with Crippen LogP contribution in [0.4, 0.5) is 5.13 Å². The molecule has 5 nitrogen and oxygen atoms in total. The zero-order valence-corrected chi connectivity index (χ0v) is 18.3. The lowest BCUT2D eigenvalue weighted by atomic mass is 10.1. The van der Waals surface area contributed by atoms with Crippen LogP contribution in [0.25, 0.3) is 10.2 Å². The highest BCUT2D eigenvalue weighted by atomic mass is 35.5. The SMILES string of the molecule is COc1ccc(C)c2sc(N(CCCN(C)C)C(=O)C3CCCC3)nc12.Cl. The van der Waals surface area contributed by atoms with E-state index in [9.17, 15) is 4.79 Å². The number of aromatic nitrogens is 1. The van der Waals surface area contributed by atoms with Crippen molar-refractivity contribution in [3.63, 3.8) is 0 Å². The maximum atomic E-state index is 13.2. The van der Waals surface area contributed by atoms with Gasteiger partial charge in [0.2, 0.25) is 5.91 Å². The maximum absolute atomic E-state index is 13.2. The lowest BCUT2D eigenvalue weighted by molar-refractivity contribution is -0.122. The third-order valence-electron chi connectivity index (χ3n) is 5.10. The van der Waals surface area contributed by atoms with E-state index in [0.29, 0.717) is 6.54 Å². The summed E-state index contributed by atoms with van der Waals surface area (Å²) in [7, 11) is 5.80. The number of hydrogen-bond donors (Lipinski definition) is 0. The molecule has 150 valence electrons. The highest BCUT2D eigenvalue weighted by Gasteiger charge is 2.30. The quantitative estimate of drug-likeness (QED) is 0.672. The van der Waals surface area contributed by atoms with Gasteiger partial charge in [0.1, 0.15) is 11.3 Å². The number of anilines is 1. The number of carbonyl (C=O) groups is 1. The van der Waals surface area contributed by atoms with Crippen LogP contribution < -0.4 is 9.64 Å². The molecule has 0 bridgehead atoms. The molecule has 1 fully saturated rings. The van der Waals surface area contributed by atoms with E-state index in [4.69, 9.17) is 9.72 Å². The van der Waals surface area contributed by atoms with Gasteiger partial charge in [-0.25, -0.2) is 4.98 Å². The smallest absolute Gasteiger partial charge is 0.231 e. The van der Waals surface area contributed by atoms with Crippen LogP contribution in [0.15, 0.2) is 12.1 Å². The lowest BCUT2D eigenvalue weighted by Crippen LogP contribution is -2.37. The molecule has 1 aromatic heterocycles. The van der Waals surface area contributed by atoms with Gasteiger partial charge in [0.25, 0.3) is 0 Å². The second-order valence-corrected chi connectivity index (χ2v) is 8.36. The Labute approximate surface area is 172 Å². The fourth-order valence-electron chi connectivity index (χ4n) is 3.62. The van der Waals surface area contributed by atoms with Gasteiger partial charge in [0.05, 0.1) is 11.8 Å². The normalized spacial score (nSPS) is 14.6. The molecule has 0 N–H and O–H groups in total. The molecule has 1 saturated carbocycles. The summed E-state index contributed by atoms with van der Waals surface area (Å²) in [5.41, 5.74) is 2.04. The van der Waals surface area contributed by atoms with Crippen LogP contribution in [0.5, 0.6) is 5.75 Å². The highest BCUT2D eigenvalue weighted by molar-refractivity contribution is 7.22. The van der Waals surface area contributed by atoms with Gasteiger partial charge in [0.15, 0.2) is 5.13 Å². The number of aryl methyl sites for hydroxylation is 1. The summed E-state index contributed by atoms with van der Waals surface area (Å²) in [6.07, 6.45) is 5.29. The van der Waals surface area contributed by atoms with Crippen LogP contribution in [0.3, 0.4) is 0 Å². The molecule has 0 atom stereocenters. The average molecular weight is 412 g/mol. The summed E-state index contributed by atoms with van der Waals surface area (Å²) in [6, 6.07) is 4.01. The first kappa shape index (κ1) is 21.9. The molecule has 0 radical (unpaired) electrons. The Morgan fingerprint density at radius 1 is 1.26 bits per heavy atom. The first-order valence-corrected chi connectivity index (χ1v) is 10.2. The van der Waals surface area contributed by atoms with Crippen molar-refractivity contribution in [1.82, 2.24) is 9.88 Å². The van der Waals surface area contributed by atoms with E-state index < -0.39 is 0 Å². The summed E-state index contributed by atoms with van der Waals surface area (Å²) >= 11 is 1.61. The van der Waals surface area contributed by atoms with Crippen molar-refractivity contribution < 1.29 is 9.53 Å². The predicted molar refractivity (Wildman–Crippen MR) is 116 cm³/mol. The highest BCUT2D eigenvalue weighted by Crippen LogP contribution is 2.38. The van der Waals surface area contributed by atoms with Crippen LogP contribution in [0.1, 0.15) is 37.7 Å². The maximum Gasteiger partial charge on any atom is 0.231 e. The number of amides is 1. The molecule has 1 heterocycles. The van der Waals surface area contributed by atoms with Gasteiger partial charge in [-0.15, -0.1) is 12.4 Å². The molecule has 1 aliphatic rings. The van der Waals surface area contributed by atoms with E-state index in [1.54, 1.807) is 18.4 Å². The fourth-order valence-corrected chi connectivity index (χ4v) is 4.70. The van der Waals surface area contributed by atoms with Gasteiger partial charge in [-0.3, -0.25) is 9.69 Å². The fraction of sp³-hybridized carbons (Fsp3) is 0.600. The molecule has 0 aliphatic heterocycles. The number of ether oxygens (including phenoxy) is 1. The zero-order chi connectivity index (χ0) is 18.7. The molecule has 1 aliphatic carbocycles. The topological polar surface area (TPSA) is 45.7 Å². The predicted octanol–water partition coefficient (Wildman–Crippen LogP) is 4.51. The molecule has 0 unspecified atom stereocenters. The van der Waals surface area contributed by atoms with E-state index in [0.717, 1.165) is 59.7 Å². The summed E-state index contributed by atoms with van der Waals surface area (Å²) in [5, 5.41) is 0.809. The Morgan fingerprint density at radius 3 is 2.59 bits per heavy atom. The number of rotatable bonds is 7. The van der Waals surface area contributed by atoms with Crippen molar-refractivity contribution in [3.8, 4) is 5.75 Å². The molecule has 0 spiro atoms. The second-order valence-electron chi connectivity index (χ2n) is 7.39. The summed E-state index contributed by atoms with van der Waals surface area (Å²) in [6.45, 7) is 3.76. The van der Waals surface area contributed by atoms with E-state index in [2.05, 4.69) is 32.0 Å². The first-order valence-electron chi connectivity index (χ1n) is 9.41. The van der Waals surface area contributed by atoms with E-state index >= 15 is 0 Å². The molecule has 1 amide bonds. The lowest BCUT2D eigenvalue weighted by Gasteiger charge is -2.24. The monoisotopic (exact) mass is 411 g/mol. The summed E-state index contributed by atoms with van der Waals surface area (Å²) in [5.74, 6) is 1.18. The molecule has 2 aromatic rings. The van der Waals surface area contributed by atoms with Crippen LogP contribution in [-0.2, 0) is 4.79 Å². The number of methoxy groups -OCH3 is 1. The minimum Gasteiger partial charge on any atom is -0.494 e. The van der Waals surface area contributed by atoms with Gasteiger partial charge in [0, 0.05) is 12.5 Å². The van der Waals surface area contributed by atoms with Crippen LogP contribution in [-0.4, -0.2) is 50.1 Å². The Hall–Kier alpha value is -1.37. The van der Waals surface area contributed by atoms with Crippen LogP contribution in [0.2, 0.25) is 0 Å². The van der Waals surface area contributed by atoms with Gasteiger partial charge in [-0.05, 0) is 58.5 Å². The van der Waals surface area contributed by atoms with E-state index in [1.807, 2.05) is 11.0 Å². The van der Waals surface area contributed by atoms with Crippen molar-refractivity contribution in [1.29, 1.82) is 0 Å². The van der Waals surface area contributed by atoms with Crippen molar-refractivity contribution in [3.05, 3.63) is 17.7 Å². The Morgan fingerprint density at radius 2 is 1.96 bits per heavy atom. The largest absolute Gasteiger partial charge is 0.494 e. The Bertz CT molecular complexity index is 772. The number of halogens is 1. The Kier molecular flexibility index (Phi) is 7.89. The van der Waals surface area contributed by atoms with Crippen molar-refractivity contribution >= 4 is 45.0 Å². The number of hydrogen-bond acceptors (Lipinski definition) is 5. The second kappa shape index (κ2) is 9.71. The summed E-state index contributed by atoms with van der Waals surface area (Å²) < 4.78 is 6.59. The third kappa shape index (κ3) is 4.92. The van der Waals surface area contributed by atoms with Gasteiger partial charge >= 0.3 is 0 Å². The third-order valence-corrected chi connectivity index (χ3v) is 6.31. The van der Waals surface area contributed by atoms with E-state index in [1.165, 1.54) is 5.56 Å². The van der Waals surface area contributed by atoms with Crippen molar-refractivity contribution in [2.24, 2.45) is 5.92 Å². The molecule has 27 heavy (non-hydrogen) atoms. The van der Waals surface area contributed by atoms with Crippen molar-refractivity contribution in [2.75, 3.05) is 39.2 Å². The average Bonchev–Trinajstić information content (AvgIpc) is 3.28. The molecular weight excluding hydrogens is 382 g/mol. The molecule has 7 heteroatoms. The van der Waals surface area contributed by atoms with Crippen LogP contribution in [0, 0.1) is 12.8 Å². The standard InChI is InChI=1S/C20H29N3O2S.ClH/c1-14-10-11-16(25-4)17-18(14)26-20(21-17)23(13-7-12-22(2)3)19(24)15-8-5-6-9-15;/h10-11,15H,5-9,12-13H2,1-4H3;1H. The van der Waals surface area contributed by atoms with Crippen molar-refractivity contribution in [2.45, 2.75) is 39.0 Å². The minimum atomic E-state index is 0. The molecule has 1 aromatic carbocycles. The van der Waals surface area contributed by atoms with Crippen LogP contribution >= 0.6 is 23.7 Å². The minimum absolute atomic E-state index is 0. The number of fused-ring (bicyclic) bond motifs is 1. The van der Waals surface area contributed by atoms with E-state index in [-0.39, 0.29) is 24.2 Å². The zero-order valence-electron chi connectivity index (χ0n) is 16.7. The number of benzene rings is 1. The number of carbonyl (C=O) groups excluding carboxylic acids is 1. The van der Waals surface area contributed by atoms with Gasteiger partial charge in [-0.2, -0.15) is 0 Å². The number of thiazole rings is 1. The molecule has 0 saturated heterocycles. The molecule has 3 rings (SSSR count). The summed E-state index contributed by atoms with van der Waals surface area (Å²) in [4.78, 5) is 22.1. The van der Waals surface area contributed by atoms with Gasteiger partial charge < -0.3 is 9.64 Å². The Balaban J connectivity index is 0.00000261. The molecular formula is C20H30ClN3O2S. The number of nitrogens with zero attached hydrogens (tertiary/aromatic N) is 3.